The normalized spacial score (nSPS) is 26.8. The van der Waals surface area contributed by atoms with Crippen molar-refractivity contribution < 1.29 is 13.5 Å². The summed E-state index contributed by atoms with van der Waals surface area (Å²) in [5, 5.41) is 0. The predicted molar refractivity (Wildman–Crippen MR) is 126 cm³/mol. The molecule has 0 N–H and O–H groups in total. The molecule has 2 aliphatic rings. The third-order valence-electron chi connectivity index (χ3n) is 8.12. The van der Waals surface area contributed by atoms with Crippen LogP contribution in [0.1, 0.15) is 121 Å². The molecule has 0 atom stereocenters. The molecule has 3 rings (SSSR count). The number of hydrogen-bond acceptors (Lipinski definition) is 1. The highest BCUT2D eigenvalue weighted by atomic mass is 19.3. The van der Waals surface area contributed by atoms with E-state index in [2.05, 4.69) is 11.7 Å². The second kappa shape index (κ2) is 13.4. The fraction of sp³-hybridized carbons (Fsp3) is 0.786. The van der Waals surface area contributed by atoms with Gasteiger partial charge in [0.05, 0.1) is 0 Å². The standard InChI is InChI=1S/C28H44F2O/c1-2-3-4-5-6-7-8-9-22-10-12-23(13-11-22)24-14-16-25(17-15-24)26-18-20-27(21-19-26)31-28(29)30/h18-25,28H,2-17H2,1H3. The number of halogens is 2. The quantitative estimate of drug-likeness (QED) is 0.298. The maximum atomic E-state index is 12.3. The van der Waals surface area contributed by atoms with Crippen LogP contribution in [0.4, 0.5) is 8.78 Å². The van der Waals surface area contributed by atoms with Crippen molar-refractivity contribution >= 4 is 0 Å². The number of ether oxygens (including phenoxy) is 1. The average Bonchev–Trinajstić information content (AvgIpc) is 2.79. The molecule has 31 heavy (non-hydrogen) atoms. The number of rotatable bonds is 12. The van der Waals surface area contributed by atoms with Crippen LogP contribution in [-0.4, -0.2) is 6.61 Å². The summed E-state index contributed by atoms with van der Waals surface area (Å²) in [5.41, 5.74) is 1.29. The van der Waals surface area contributed by atoms with Gasteiger partial charge in [-0.1, -0.05) is 83.3 Å². The molecule has 1 aromatic rings. The summed E-state index contributed by atoms with van der Waals surface area (Å²) in [6, 6.07) is 7.36. The molecule has 3 heteroatoms. The van der Waals surface area contributed by atoms with Crippen molar-refractivity contribution in [1.82, 2.24) is 0 Å². The fourth-order valence-corrected chi connectivity index (χ4v) is 6.18. The van der Waals surface area contributed by atoms with Gasteiger partial charge in [-0.25, -0.2) is 0 Å². The second-order valence-corrected chi connectivity index (χ2v) is 10.3. The predicted octanol–water partition coefficient (Wildman–Crippen LogP) is 9.51. The van der Waals surface area contributed by atoms with Gasteiger partial charge in [0.25, 0.3) is 0 Å². The highest BCUT2D eigenvalue weighted by Crippen LogP contribution is 2.44. The van der Waals surface area contributed by atoms with Crippen LogP contribution >= 0.6 is 0 Å². The van der Waals surface area contributed by atoms with Gasteiger partial charge in [-0.2, -0.15) is 8.78 Å². The zero-order chi connectivity index (χ0) is 21.9. The Bertz CT molecular complexity index is 584. The van der Waals surface area contributed by atoms with E-state index in [0.717, 1.165) is 17.8 Å². The number of benzene rings is 1. The van der Waals surface area contributed by atoms with Gasteiger partial charge in [0.15, 0.2) is 0 Å². The largest absolute Gasteiger partial charge is 0.435 e. The van der Waals surface area contributed by atoms with E-state index in [-0.39, 0.29) is 5.75 Å². The summed E-state index contributed by atoms with van der Waals surface area (Å²) >= 11 is 0. The summed E-state index contributed by atoms with van der Waals surface area (Å²) in [6.45, 7) is -0.455. The zero-order valence-electron chi connectivity index (χ0n) is 19.7. The lowest BCUT2D eigenvalue weighted by atomic mass is 9.68. The van der Waals surface area contributed by atoms with Gasteiger partial charge in [0.1, 0.15) is 5.75 Å². The first-order valence-corrected chi connectivity index (χ1v) is 13.2. The summed E-state index contributed by atoms with van der Waals surface area (Å²) in [7, 11) is 0. The Balaban J connectivity index is 1.29. The minimum Gasteiger partial charge on any atom is -0.435 e. The van der Waals surface area contributed by atoms with E-state index in [9.17, 15) is 8.78 Å². The Morgan fingerprint density at radius 1 is 0.742 bits per heavy atom. The first-order valence-electron chi connectivity index (χ1n) is 13.2. The molecule has 0 aromatic heterocycles. The highest BCUT2D eigenvalue weighted by molar-refractivity contribution is 5.29. The molecule has 2 aliphatic carbocycles. The minimum atomic E-state index is -2.74. The van der Waals surface area contributed by atoms with Gasteiger partial charge in [0.2, 0.25) is 0 Å². The Hall–Kier alpha value is -1.12. The van der Waals surface area contributed by atoms with Crippen LogP contribution in [0.3, 0.4) is 0 Å². The molecule has 2 saturated carbocycles. The van der Waals surface area contributed by atoms with Crippen molar-refractivity contribution in [2.75, 3.05) is 0 Å². The molecule has 1 nitrogen and oxygen atoms in total. The average molecular weight is 435 g/mol. The third-order valence-corrected chi connectivity index (χ3v) is 8.12. The lowest BCUT2D eigenvalue weighted by molar-refractivity contribution is -0.0498. The lowest BCUT2D eigenvalue weighted by Crippen LogP contribution is -2.25. The first-order chi connectivity index (χ1) is 15.2. The summed E-state index contributed by atoms with van der Waals surface area (Å²) in [6.07, 6.45) is 22.5. The van der Waals surface area contributed by atoms with E-state index in [1.807, 2.05) is 12.1 Å². The SMILES string of the molecule is CCCCCCCCCC1CCC(C2CCC(c3ccc(OC(F)F)cc3)CC2)CC1. The molecule has 0 spiro atoms. The molecule has 0 aliphatic heterocycles. The molecule has 0 amide bonds. The van der Waals surface area contributed by atoms with E-state index >= 15 is 0 Å². The number of hydrogen-bond donors (Lipinski definition) is 0. The molecule has 2 fully saturated rings. The highest BCUT2D eigenvalue weighted by Gasteiger charge is 2.31. The molecule has 176 valence electrons. The monoisotopic (exact) mass is 434 g/mol. The molecule has 0 unspecified atom stereocenters. The molecular formula is C28H44F2O. The summed E-state index contributed by atoms with van der Waals surface area (Å²) in [4.78, 5) is 0. The molecule has 1 aromatic carbocycles. The van der Waals surface area contributed by atoms with E-state index in [1.54, 1.807) is 12.1 Å². The van der Waals surface area contributed by atoms with Crippen LogP contribution in [0, 0.1) is 17.8 Å². The molecule has 0 radical (unpaired) electrons. The maximum absolute atomic E-state index is 12.3. The second-order valence-electron chi connectivity index (χ2n) is 10.3. The Morgan fingerprint density at radius 2 is 1.29 bits per heavy atom. The molecule has 0 heterocycles. The molecular weight excluding hydrogens is 390 g/mol. The first kappa shape index (κ1) is 24.5. The van der Waals surface area contributed by atoms with Crippen LogP contribution in [0.2, 0.25) is 0 Å². The number of alkyl halides is 2. The minimum absolute atomic E-state index is 0.265. The van der Waals surface area contributed by atoms with Gasteiger partial charge in [-0.05, 0) is 79.9 Å². The van der Waals surface area contributed by atoms with E-state index < -0.39 is 6.61 Å². The Kier molecular flexibility index (Phi) is 10.6. The zero-order valence-corrected chi connectivity index (χ0v) is 19.7. The van der Waals surface area contributed by atoms with Gasteiger partial charge >= 0.3 is 6.61 Å². The van der Waals surface area contributed by atoms with Crippen molar-refractivity contribution in [3.63, 3.8) is 0 Å². The number of unbranched alkanes of at least 4 members (excludes halogenated alkanes) is 6. The summed E-state index contributed by atoms with van der Waals surface area (Å²) < 4.78 is 29.1. The van der Waals surface area contributed by atoms with E-state index in [4.69, 9.17) is 0 Å². The third kappa shape index (κ3) is 8.39. The molecule has 0 bridgehead atoms. The smallest absolute Gasteiger partial charge is 0.387 e. The van der Waals surface area contributed by atoms with Crippen molar-refractivity contribution in [3.05, 3.63) is 29.8 Å². The van der Waals surface area contributed by atoms with Gasteiger partial charge in [-0.15, -0.1) is 0 Å². The van der Waals surface area contributed by atoms with Crippen LogP contribution in [-0.2, 0) is 0 Å². The Labute approximate surface area is 189 Å². The fourth-order valence-electron chi connectivity index (χ4n) is 6.18. The lowest BCUT2D eigenvalue weighted by Gasteiger charge is -2.38. The van der Waals surface area contributed by atoms with Crippen LogP contribution in [0.25, 0.3) is 0 Å². The van der Waals surface area contributed by atoms with Crippen molar-refractivity contribution in [3.8, 4) is 5.75 Å². The van der Waals surface area contributed by atoms with Gasteiger partial charge < -0.3 is 4.74 Å². The van der Waals surface area contributed by atoms with Crippen LogP contribution in [0.15, 0.2) is 24.3 Å². The van der Waals surface area contributed by atoms with E-state index in [0.29, 0.717) is 5.92 Å². The van der Waals surface area contributed by atoms with Gasteiger partial charge in [-0.3, -0.25) is 0 Å². The van der Waals surface area contributed by atoms with Crippen molar-refractivity contribution in [2.45, 2.75) is 122 Å². The van der Waals surface area contributed by atoms with E-state index in [1.165, 1.54) is 108 Å². The summed E-state index contributed by atoms with van der Waals surface area (Å²) in [5.74, 6) is 3.72. The van der Waals surface area contributed by atoms with Crippen LogP contribution < -0.4 is 4.74 Å². The van der Waals surface area contributed by atoms with Crippen molar-refractivity contribution in [2.24, 2.45) is 17.8 Å². The Morgan fingerprint density at radius 3 is 1.87 bits per heavy atom. The topological polar surface area (TPSA) is 9.23 Å². The maximum Gasteiger partial charge on any atom is 0.387 e. The van der Waals surface area contributed by atoms with Crippen LogP contribution in [0.5, 0.6) is 5.75 Å². The van der Waals surface area contributed by atoms with Gasteiger partial charge in [0, 0.05) is 0 Å². The molecule has 0 saturated heterocycles. The van der Waals surface area contributed by atoms with Crippen molar-refractivity contribution in [1.29, 1.82) is 0 Å².